The molecule has 1 fully saturated rings. The van der Waals surface area contributed by atoms with Crippen LogP contribution in [-0.4, -0.2) is 52.3 Å². The Morgan fingerprint density at radius 3 is 2.38 bits per heavy atom. The summed E-state index contributed by atoms with van der Waals surface area (Å²) in [6, 6.07) is -1.15. The maximum Gasteiger partial charge on any atom is 0.326 e. The van der Waals surface area contributed by atoms with Crippen LogP contribution in [0, 0.1) is 5.92 Å². The standard InChI is InChI=1S/C15H28N2O4/c1-3-11(2)13(14(19)20)16-15(21)17(9-10-18)12-7-5-4-6-8-12/h11-13,18H,3-10H2,1-2H3,(H,16,21)(H,19,20). The molecule has 0 aromatic heterocycles. The van der Waals surface area contributed by atoms with Crippen LogP contribution in [0.1, 0.15) is 52.4 Å². The summed E-state index contributed by atoms with van der Waals surface area (Å²) in [6.07, 6.45) is 5.86. The Labute approximate surface area is 126 Å². The van der Waals surface area contributed by atoms with Crippen molar-refractivity contribution in [2.45, 2.75) is 64.5 Å². The number of amides is 2. The van der Waals surface area contributed by atoms with Crippen molar-refractivity contribution in [3.8, 4) is 0 Å². The third-order valence-corrected chi connectivity index (χ3v) is 4.38. The number of nitrogens with one attached hydrogen (secondary N) is 1. The van der Waals surface area contributed by atoms with Crippen LogP contribution in [0.2, 0.25) is 0 Å². The quantitative estimate of drug-likeness (QED) is 0.669. The summed E-state index contributed by atoms with van der Waals surface area (Å²) in [6.45, 7) is 3.86. The molecule has 0 aromatic carbocycles. The number of aliphatic hydroxyl groups is 1. The summed E-state index contributed by atoms with van der Waals surface area (Å²) >= 11 is 0. The molecule has 1 saturated carbocycles. The van der Waals surface area contributed by atoms with Crippen molar-refractivity contribution in [2.75, 3.05) is 13.2 Å². The van der Waals surface area contributed by atoms with E-state index in [1.165, 1.54) is 6.42 Å². The van der Waals surface area contributed by atoms with E-state index in [1.807, 2.05) is 13.8 Å². The first-order valence-electron chi connectivity index (χ1n) is 7.92. The van der Waals surface area contributed by atoms with E-state index >= 15 is 0 Å². The van der Waals surface area contributed by atoms with Crippen LogP contribution < -0.4 is 5.32 Å². The molecule has 1 aliphatic rings. The predicted octanol–water partition coefficient (Wildman–Crippen LogP) is 1.82. The first kappa shape index (κ1) is 17.8. The van der Waals surface area contributed by atoms with Crippen molar-refractivity contribution in [1.29, 1.82) is 0 Å². The molecular weight excluding hydrogens is 272 g/mol. The van der Waals surface area contributed by atoms with Crippen LogP contribution in [0.15, 0.2) is 0 Å². The van der Waals surface area contributed by atoms with Crippen molar-refractivity contribution >= 4 is 12.0 Å². The highest BCUT2D eigenvalue weighted by molar-refractivity contribution is 5.83. The highest BCUT2D eigenvalue weighted by atomic mass is 16.4. The normalized spacial score (nSPS) is 18.8. The zero-order valence-electron chi connectivity index (χ0n) is 13.0. The molecule has 0 saturated heterocycles. The van der Waals surface area contributed by atoms with E-state index < -0.39 is 12.0 Å². The van der Waals surface area contributed by atoms with Gasteiger partial charge < -0.3 is 20.4 Å². The van der Waals surface area contributed by atoms with Crippen LogP contribution in [0.4, 0.5) is 4.79 Å². The molecule has 122 valence electrons. The zero-order chi connectivity index (χ0) is 15.8. The van der Waals surface area contributed by atoms with Crippen LogP contribution >= 0.6 is 0 Å². The average molecular weight is 300 g/mol. The fourth-order valence-corrected chi connectivity index (χ4v) is 2.85. The van der Waals surface area contributed by atoms with Gasteiger partial charge in [-0.2, -0.15) is 0 Å². The zero-order valence-corrected chi connectivity index (χ0v) is 13.0. The summed E-state index contributed by atoms with van der Waals surface area (Å²) in [4.78, 5) is 25.3. The molecule has 0 aromatic rings. The van der Waals surface area contributed by atoms with Gasteiger partial charge in [0.25, 0.3) is 0 Å². The number of hydrogen-bond acceptors (Lipinski definition) is 3. The van der Waals surface area contributed by atoms with Gasteiger partial charge in [-0.3, -0.25) is 0 Å². The minimum absolute atomic E-state index is 0.106. The highest BCUT2D eigenvalue weighted by Crippen LogP contribution is 2.22. The van der Waals surface area contributed by atoms with Gasteiger partial charge in [-0.1, -0.05) is 39.5 Å². The van der Waals surface area contributed by atoms with Gasteiger partial charge in [0, 0.05) is 12.6 Å². The molecular formula is C15H28N2O4. The van der Waals surface area contributed by atoms with Crippen LogP contribution in [0.5, 0.6) is 0 Å². The molecule has 6 heteroatoms. The predicted molar refractivity (Wildman–Crippen MR) is 80.1 cm³/mol. The van der Waals surface area contributed by atoms with E-state index in [-0.39, 0.29) is 31.1 Å². The minimum Gasteiger partial charge on any atom is -0.480 e. The third kappa shape index (κ3) is 5.19. The smallest absolute Gasteiger partial charge is 0.326 e. The van der Waals surface area contributed by atoms with E-state index in [4.69, 9.17) is 0 Å². The Balaban J connectivity index is 2.72. The van der Waals surface area contributed by atoms with Gasteiger partial charge in [-0.15, -0.1) is 0 Å². The largest absolute Gasteiger partial charge is 0.480 e. The molecule has 0 aliphatic heterocycles. The van der Waals surface area contributed by atoms with E-state index in [2.05, 4.69) is 5.32 Å². The van der Waals surface area contributed by atoms with Crippen molar-refractivity contribution in [2.24, 2.45) is 5.92 Å². The molecule has 6 nitrogen and oxygen atoms in total. The lowest BCUT2D eigenvalue weighted by Crippen LogP contribution is -2.54. The van der Waals surface area contributed by atoms with Gasteiger partial charge in [-0.25, -0.2) is 9.59 Å². The summed E-state index contributed by atoms with van der Waals surface area (Å²) in [5.41, 5.74) is 0. The molecule has 3 N–H and O–H groups in total. The lowest BCUT2D eigenvalue weighted by atomic mass is 9.94. The van der Waals surface area contributed by atoms with Gasteiger partial charge in [-0.05, 0) is 18.8 Å². The van der Waals surface area contributed by atoms with Crippen LogP contribution in [0.3, 0.4) is 0 Å². The number of aliphatic carboxylic acids is 1. The fraction of sp³-hybridized carbons (Fsp3) is 0.867. The van der Waals surface area contributed by atoms with Crippen molar-refractivity contribution in [1.82, 2.24) is 10.2 Å². The number of nitrogens with zero attached hydrogens (tertiary/aromatic N) is 1. The molecule has 0 bridgehead atoms. The number of carbonyl (C=O) groups is 2. The summed E-state index contributed by atoms with van der Waals surface area (Å²) in [7, 11) is 0. The molecule has 0 radical (unpaired) electrons. The highest BCUT2D eigenvalue weighted by Gasteiger charge is 2.30. The molecule has 2 atom stereocenters. The maximum absolute atomic E-state index is 12.4. The number of carboxylic acids is 1. The van der Waals surface area contributed by atoms with Crippen LogP contribution in [-0.2, 0) is 4.79 Å². The second-order valence-corrected chi connectivity index (χ2v) is 5.86. The first-order chi connectivity index (χ1) is 10.0. The van der Waals surface area contributed by atoms with Crippen LogP contribution in [0.25, 0.3) is 0 Å². The molecule has 1 rings (SSSR count). The Morgan fingerprint density at radius 2 is 1.90 bits per heavy atom. The van der Waals surface area contributed by atoms with Gasteiger partial charge in [0.2, 0.25) is 0 Å². The van der Waals surface area contributed by atoms with Gasteiger partial charge in [0.05, 0.1) is 6.61 Å². The third-order valence-electron chi connectivity index (χ3n) is 4.38. The summed E-state index contributed by atoms with van der Waals surface area (Å²) < 4.78 is 0. The number of aliphatic hydroxyl groups excluding tert-OH is 1. The number of hydrogen-bond donors (Lipinski definition) is 3. The molecule has 21 heavy (non-hydrogen) atoms. The van der Waals surface area contributed by atoms with E-state index in [0.717, 1.165) is 25.7 Å². The first-order valence-corrected chi connectivity index (χ1v) is 7.92. The van der Waals surface area contributed by atoms with Gasteiger partial charge in [0.1, 0.15) is 6.04 Å². The Bertz CT molecular complexity index is 343. The maximum atomic E-state index is 12.4. The second-order valence-electron chi connectivity index (χ2n) is 5.86. The van der Waals surface area contributed by atoms with Crippen molar-refractivity contribution < 1.29 is 19.8 Å². The summed E-state index contributed by atoms with van der Waals surface area (Å²) in [5, 5.41) is 21.1. The molecule has 2 amide bonds. The van der Waals surface area contributed by atoms with Crippen molar-refractivity contribution in [3.63, 3.8) is 0 Å². The second kappa shape index (κ2) is 8.87. The number of urea groups is 1. The van der Waals surface area contributed by atoms with E-state index in [9.17, 15) is 19.8 Å². The van der Waals surface area contributed by atoms with E-state index in [0.29, 0.717) is 6.42 Å². The Kier molecular flexibility index (Phi) is 7.50. The van der Waals surface area contributed by atoms with Gasteiger partial charge in [0.15, 0.2) is 0 Å². The Hall–Kier alpha value is -1.30. The number of carboxylic acid groups (broad SMARTS) is 1. The summed E-state index contributed by atoms with van der Waals surface area (Å²) in [5.74, 6) is -1.14. The van der Waals surface area contributed by atoms with Gasteiger partial charge >= 0.3 is 12.0 Å². The molecule has 0 spiro atoms. The topological polar surface area (TPSA) is 89.9 Å². The number of rotatable bonds is 7. The Morgan fingerprint density at radius 1 is 1.29 bits per heavy atom. The molecule has 2 unspecified atom stereocenters. The molecule has 0 heterocycles. The van der Waals surface area contributed by atoms with Crippen molar-refractivity contribution in [3.05, 3.63) is 0 Å². The average Bonchev–Trinajstić information content (AvgIpc) is 2.49. The fourth-order valence-electron chi connectivity index (χ4n) is 2.85. The minimum atomic E-state index is -1.01. The van der Waals surface area contributed by atoms with E-state index in [1.54, 1.807) is 4.90 Å². The lowest BCUT2D eigenvalue weighted by molar-refractivity contribution is -0.140. The monoisotopic (exact) mass is 300 g/mol. The molecule has 1 aliphatic carbocycles. The lowest BCUT2D eigenvalue weighted by Gasteiger charge is -2.35. The number of carbonyl (C=O) groups excluding carboxylic acids is 1. The SMILES string of the molecule is CCC(C)C(NC(=O)N(CCO)C1CCCCC1)C(=O)O.